The molecule has 0 heterocycles. The fourth-order valence-electron chi connectivity index (χ4n) is 1.16. The number of benzene rings is 1. The molecule has 1 radical (unpaired) electrons. The molecule has 0 unspecified atom stereocenters. The van der Waals surface area contributed by atoms with E-state index < -0.39 is 13.5 Å². The summed E-state index contributed by atoms with van der Waals surface area (Å²) in [4.78, 5) is 32.1. The number of hydrogen-bond donors (Lipinski definition) is 0. The topological polar surface area (TPSA) is 92.3 Å². The van der Waals surface area contributed by atoms with Gasteiger partial charge in [-0.3, -0.25) is 0 Å². The number of hydroxylamine groups is 1. The zero-order chi connectivity index (χ0) is 12.6. The Kier molecular flexibility index (Phi) is 3.57. The first-order valence-corrected chi connectivity index (χ1v) is 6.27. The molecule has 0 saturated carbocycles. The maximum Gasteiger partial charge on any atom is 0.0765 e. The fourth-order valence-corrected chi connectivity index (χ4v) is 1.67. The van der Waals surface area contributed by atoms with Gasteiger partial charge in [0.1, 0.15) is 0 Å². The van der Waals surface area contributed by atoms with Crippen LogP contribution in [0.15, 0.2) is 24.3 Å². The molecule has 16 heavy (non-hydrogen) atoms. The molecule has 0 aliphatic heterocycles. The molecule has 1 aromatic rings. The van der Waals surface area contributed by atoms with Crippen molar-refractivity contribution in [3.05, 3.63) is 24.3 Å². The van der Waals surface area contributed by atoms with E-state index in [0.29, 0.717) is 5.69 Å². The zero-order valence-electron chi connectivity index (χ0n) is 9.34. The van der Waals surface area contributed by atoms with Crippen molar-refractivity contribution in [1.82, 2.24) is 0 Å². The Hall–Kier alpha value is -0.710. The molecule has 0 atom stereocenters. The fraction of sp³-hybridized carbons (Fsp3) is 0.400. The summed E-state index contributed by atoms with van der Waals surface area (Å²) in [7, 11) is -4.73. The van der Waals surface area contributed by atoms with Crippen LogP contribution in [0.5, 0.6) is 0 Å². The summed E-state index contributed by atoms with van der Waals surface area (Å²) in [6.07, 6.45) is 0. The van der Waals surface area contributed by atoms with Crippen LogP contribution in [0.4, 0.5) is 5.69 Å². The van der Waals surface area contributed by atoms with Crippen molar-refractivity contribution < 1.29 is 19.9 Å². The molecule has 5 nitrogen and oxygen atoms in total. The second kappa shape index (κ2) is 4.28. The van der Waals surface area contributed by atoms with Crippen LogP contribution in [0.3, 0.4) is 0 Å². The van der Waals surface area contributed by atoms with Gasteiger partial charge < -0.3 is 14.7 Å². The Morgan fingerprint density at radius 3 is 1.81 bits per heavy atom. The molecule has 0 saturated heterocycles. The minimum Gasteiger partial charge on any atom is -0.684 e. The molecule has 0 bridgehead atoms. The van der Waals surface area contributed by atoms with Crippen molar-refractivity contribution in [2.45, 2.75) is 26.3 Å². The third-order valence-corrected chi connectivity index (χ3v) is 2.94. The van der Waals surface area contributed by atoms with E-state index in [1.54, 1.807) is 20.8 Å². The van der Waals surface area contributed by atoms with Crippen molar-refractivity contribution in [3.63, 3.8) is 0 Å². The first kappa shape index (κ1) is 13.4. The maximum atomic E-state index is 11.7. The molecule has 1 aromatic carbocycles. The average Bonchev–Trinajstić information content (AvgIpc) is 2.14. The average molecular weight is 242 g/mol. The number of hydrogen-bond acceptors (Lipinski definition) is 4. The highest BCUT2D eigenvalue weighted by Crippen LogP contribution is 2.28. The summed E-state index contributed by atoms with van der Waals surface area (Å²) in [5.74, 6) is 0. The van der Waals surface area contributed by atoms with Crippen molar-refractivity contribution >= 4 is 18.9 Å². The van der Waals surface area contributed by atoms with Gasteiger partial charge in [0.15, 0.2) is 0 Å². The van der Waals surface area contributed by atoms with E-state index in [4.69, 9.17) is 0 Å². The number of rotatable bonds is 2. The molecule has 0 N–H and O–H groups in total. The van der Waals surface area contributed by atoms with Gasteiger partial charge in [-0.15, -0.1) is 7.94 Å². The molecule has 0 aromatic heterocycles. The lowest BCUT2D eigenvalue weighted by Gasteiger charge is -2.41. The summed E-state index contributed by atoms with van der Waals surface area (Å²) in [5.41, 5.74) is -0.287. The van der Waals surface area contributed by atoms with E-state index in [-0.39, 0.29) is 5.30 Å². The molecule has 0 aliphatic carbocycles. The van der Waals surface area contributed by atoms with Crippen LogP contribution in [-0.4, -0.2) is 5.54 Å². The highest BCUT2D eigenvalue weighted by Gasteiger charge is 2.21. The second-order valence-corrected chi connectivity index (χ2v) is 5.99. The van der Waals surface area contributed by atoms with Crippen LogP contribution < -0.4 is 25.0 Å². The first-order valence-electron chi connectivity index (χ1n) is 4.72. The van der Waals surface area contributed by atoms with E-state index in [0.717, 1.165) is 17.2 Å². The normalized spacial score (nSPS) is 12.7. The smallest absolute Gasteiger partial charge is 0.0765 e. The van der Waals surface area contributed by atoms with E-state index >= 15 is 0 Å². The Morgan fingerprint density at radius 2 is 1.50 bits per heavy atom. The lowest BCUT2D eigenvalue weighted by Crippen LogP contribution is -2.41. The molecular formula is C10H13NO4P-2. The first-order chi connectivity index (χ1) is 7.12. The summed E-state index contributed by atoms with van der Waals surface area (Å²) in [5, 5.41) is 12.2. The Balaban J connectivity index is 2.96. The maximum absolute atomic E-state index is 11.7. The molecule has 0 fully saturated rings. The second-order valence-electron chi connectivity index (χ2n) is 4.48. The zero-order valence-corrected chi connectivity index (χ0v) is 10.2. The minimum absolute atomic E-state index is 0.307. The quantitative estimate of drug-likeness (QED) is 0.496. The van der Waals surface area contributed by atoms with Crippen LogP contribution in [0.25, 0.3) is 0 Å². The van der Waals surface area contributed by atoms with Crippen LogP contribution in [0.2, 0.25) is 0 Å². The van der Waals surface area contributed by atoms with Gasteiger partial charge in [0.25, 0.3) is 0 Å². The lowest BCUT2D eigenvalue weighted by atomic mass is 10.1. The van der Waals surface area contributed by atoms with Crippen molar-refractivity contribution in [2.24, 2.45) is 0 Å². The highest BCUT2D eigenvalue weighted by molar-refractivity contribution is 7.62. The van der Waals surface area contributed by atoms with E-state index in [9.17, 15) is 19.9 Å². The molecule has 0 amide bonds. The van der Waals surface area contributed by atoms with Crippen LogP contribution in [-0.2, 0) is 5.21 Å². The van der Waals surface area contributed by atoms with Gasteiger partial charge in [-0.25, -0.2) is 5.06 Å². The van der Waals surface area contributed by atoms with E-state index in [1.165, 1.54) is 12.1 Å². The van der Waals surface area contributed by atoms with Crippen molar-refractivity contribution in [3.8, 4) is 0 Å². The molecule has 89 valence electrons. The standard InChI is InChI=1S/C10H15NO4P/c1-10(2,3)11(12)8-4-6-9(7-5-8)16(13,14)15/h4-7H,1-3H3,(H2,13,14,15)/p-2. The minimum atomic E-state index is -4.73. The van der Waals surface area contributed by atoms with Gasteiger partial charge in [0.2, 0.25) is 0 Å². The SMILES string of the molecule is CC(C)(C)N([O])c1ccc([P+]([O-])([O-])[O-])cc1. The summed E-state index contributed by atoms with van der Waals surface area (Å²) in [6, 6.07) is 4.95. The molecule has 0 aliphatic rings. The lowest BCUT2D eigenvalue weighted by molar-refractivity contribution is -0.421. The number of nitrogens with zero attached hydrogens (tertiary/aromatic N) is 1. The van der Waals surface area contributed by atoms with Crippen molar-refractivity contribution in [2.75, 3.05) is 5.06 Å². The Labute approximate surface area is 95.1 Å². The largest absolute Gasteiger partial charge is 0.684 e. The predicted molar refractivity (Wildman–Crippen MR) is 55.9 cm³/mol. The van der Waals surface area contributed by atoms with E-state index in [1.807, 2.05) is 0 Å². The van der Waals surface area contributed by atoms with Crippen LogP contribution in [0.1, 0.15) is 20.8 Å². The third kappa shape index (κ3) is 3.14. The molecule has 0 spiro atoms. The molecular weight excluding hydrogens is 229 g/mol. The van der Waals surface area contributed by atoms with Gasteiger partial charge in [-0.2, -0.15) is 0 Å². The monoisotopic (exact) mass is 242 g/mol. The Bertz CT molecular complexity index is 353. The number of anilines is 1. The van der Waals surface area contributed by atoms with Gasteiger partial charge in [0.05, 0.1) is 16.5 Å². The van der Waals surface area contributed by atoms with Gasteiger partial charge in [0, 0.05) is 0 Å². The summed E-state index contributed by atoms with van der Waals surface area (Å²) < 4.78 is 0. The van der Waals surface area contributed by atoms with Gasteiger partial charge >= 0.3 is 0 Å². The van der Waals surface area contributed by atoms with Crippen LogP contribution in [0, 0.1) is 0 Å². The van der Waals surface area contributed by atoms with Crippen molar-refractivity contribution in [1.29, 1.82) is 0 Å². The Morgan fingerprint density at radius 1 is 1.06 bits per heavy atom. The molecule has 1 rings (SSSR count). The van der Waals surface area contributed by atoms with Gasteiger partial charge in [-0.1, -0.05) is 5.21 Å². The third-order valence-electron chi connectivity index (χ3n) is 2.01. The molecule has 6 heteroatoms. The summed E-state index contributed by atoms with van der Waals surface area (Å²) in [6.45, 7) is 5.21. The predicted octanol–water partition coefficient (Wildman–Crippen LogP) is -0.894. The van der Waals surface area contributed by atoms with Gasteiger partial charge in [-0.05, 0) is 45.0 Å². The summed E-state index contributed by atoms with van der Waals surface area (Å²) >= 11 is 0. The highest BCUT2D eigenvalue weighted by atomic mass is 31.2. The van der Waals surface area contributed by atoms with E-state index in [2.05, 4.69) is 0 Å². The van der Waals surface area contributed by atoms with Crippen LogP contribution >= 0.6 is 7.94 Å².